The van der Waals surface area contributed by atoms with E-state index in [0.29, 0.717) is 18.4 Å². The Hall–Kier alpha value is -2.17. The van der Waals surface area contributed by atoms with E-state index < -0.39 is 0 Å². The summed E-state index contributed by atoms with van der Waals surface area (Å²) in [5, 5.41) is 11.5. The fourth-order valence-corrected chi connectivity index (χ4v) is 2.92. The van der Waals surface area contributed by atoms with E-state index in [1.807, 2.05) is 0 Å². The first-order valence-corrected chi connectivity index (χ1v) is 7.95. The largest absolute Gasteiger partial charge is 0.355 e. The first-order valence-electron chi connectivity index (χ1n) is 7.95. The van der Waals surface area contributed by atoms with Gasteiger partial charge in [0.1, 0.15) is 0 Å². The summed E-state index contributed by atoms with van der Waals surface area (Å²) >= 11 is 0. The van der Waals surface area contributed by atoms with Crippen molar-refractivity contribution >= 4 is 11.8 Å². The number of nitrogens with one attached hydrogen (secondary N) is 1. The van der Waals surface area contributed by atoms with Gasteiger partial charge in [-0.3, -0.25) is 0 Å². The summed E-state index contributed by atoms with van der Waals surface area (Å²) in [4.78, 5) is 6.92. The molecule has 1 atom stereocenters. The molecule has 1 N–H and O–H groups in total. The summed E-state index contributed by atoms with van der Waals surface area (Å²) in [5.41, 5.74) is 2.48. The number of nitrogens with zero attached hydrogens (tertiary/aromatic N) is 4. The molecule has 5 nitrogen and oxygen atoms in total. The fraction of sp³-hybridized carbons (Fsp3) is 0.471. The number of hydrogen-bond acceptors (Lipinski definition) is 5. The summed E-state index contributed by atoms with van der Waals surface area (Å²) < 4.78 is 0. The van der Waals surface area contributed by atoms with Gasteiger partial charge in [0.25, 0.3) is 0 Å². The van der Waals surface area contributed by atoms with Crippen molar-refractivity contribution in [3.63, 3.8) is 0 Å². The second-order valence-electron chi connectivity index (χ2n) is 6.17. The molecule has 0 spiro atoms. The van der Waals surface area contributed by atoms with Crippen LogP contribution in [0.4, 0.5) is 11.8 Å². The number of rotatable bonds is 4. The summed E-state index contributed by atoms with van der Waals surface area (Å²) in [5.74, 6) is 2.23. The SMILES string of the molecule is Cc1cccc(CNc2nncc(N3CCCC(C)C3)n2)c1. The van der Waals surface area contributed by atoms with Gasteiger partial charge in [-0.15, -0.1) is 5.10 Å². The van der Waals surface area contributed by atoms with E-state index in [4.69, 9.17) is 0 Å². The molecule has 3 rings (SSSR count). The quantitative estimate of drug-likeness (QED) is 0.940. The van der Waals surface area contributed by atoms with Crippen molar-refractivity contribution < 1.29 is 0 Å². The Morgan fingerprint density at radius 1 is 1.36 bits per heavy atom. The maximum atomic E-state index is 4.61. The molecular formula is C17H23N5. The van der Waals surface area contributed by atoms with Crippen LogP contribution in [0.5, 0.6) is 0 Å². The van der Waals surface area contributed by atoms with Crippen molar-refractivity contribution in [1.29, 1.82) is 0 Å². The molecule has 0 radical (unpaired) electrons. The van der Waals surface area contributed by atoms with Crippen LogP contribution in [0.15, 0.2) is 30.5 Å². The third-order valence-corrected chi connectivity index (χ3v) is 4.06. The highest BCUT2D eigenvalue weighted by Gasteiger charge is 2.18. The topological polar surface area (TPSA) is 53.9 Å². The van der Waals surface area contributed by atoms with Crippen LogP contribution in [0.25, 0.3) is 0 Å². The van der Waals surface area contributed by atoms with Crippen molar-refractivity contribution in [2.75, 3.05) is 23.3 Å². The molecule has 1 aliphatic rings. The molecule has 1 fully saturated rings. The highest BCUT2D eigenvalue weighted by molar-refractivity contribution is 5.41. The molecule has 1 aromatic heterocycles. The average Bonchev–Trinajstić information content (AvgIpc) is 2.53. The van der Waals surface area contributed by atoms with Gasteiger partial charge in [0.05, 0.1) is 6.20 Å². The third-order valence-electron chi connectivity index (χ3n) is 4.06. The number of hydrogen-bond donors (Lipinski definition) is 1. The average molecular weight is 297 g/mol. The molecule has 0 saturated carbocycles. The van der Waals surface area contributed by atoms with Gasteiger partial charge in [0.15, 0.2) is 5.82 Å². The van der Waals surface area contributed by atoms with E-state index >= 15 is 0 Å². The highest BCUT2D eigenvalue weighted by Crippen LogP contribution is 2.21. The first-order chi connectivity index (χ1) is 10.7. The van der Waals surface area contributed by atoms with Crippen molar-refractivity contribution in [3.05, 3.63) is 41.6 Å². The Bertz CT molecular complexity index is 628. The molecule has 1 saturated heterocycles. The van der Waals surface area contributed by atoms with Gasteiger partial charge in [-0.2, -0.15) is 10.1 Å². The molecule has 1 unspecified atom stereocenters. The zero-order valence-corrected chi connectivity index (χ0v) is 13.3. The van der Waals surface area contributed by atoms with Gasteiger partial charge in [0, 0.05) is 19.6 Å². The molecule has 0 amide bonds. The lowest BCUT2D eigenvalue weighted by Crippen LogP contribution is -2.35. The Morgan fingerprint density at radius 2 is 2.27 bits per heavy atom. The van der Waals surface area contributed by atoms with E-state index in [1.165, 1.54) is 24.0 Å². The van der Waals surface area contributed by atoms with E-state index in [1.54, 1.807) is 6.20 Å². The molecule has 2 aromatic rings. The third kappa shape index (κ3) is 3.72. The molecule has 0 aliphatic carbocycles. The van der Waals surface area contributed by atoms with Crippen LogP contribution >= 0.6 is 0 Å². The predicted octanol–water partition coefficient (Wildman–Crippen LogP) is 3.03. The lowest BCUT2D eigenvalue weighted by Gasteiger charge is -2.31. The zero-order chi connectivity index (χ0) is 15.4. The van der Waals surface area contributed by atoms with E-state index in [9.17, 15) is 0 Å². The van der Waals surface area contributed by atoms with Crippen LogP contribution in [-0.2, 0) is 6.54 Å². The van der Waals surface area contributed by atoms with Crippen LogP contribution in [-0.4, -0.2) is 28.3 Å². The molecule has 116 valence electrons. The molecule has 2 heterocycles. The zero-order valence-electron chi connectivity index (χ0n) is 13.3. The Labute approximate surface area is 131 Å². The minimum Gasteiger partial charge on any atom is -0.355 e. The number of aromatic nitrogens is 3. The van der Waals surface area contributed by atoms with Crippen molar-refractivity contribution in [2.24, 2.45) is 5.92 Å². The van der Waals surface area contributed by atoms with Gasteiger partial charge < -0.3 is 10.2 Å². The lowest BCUT2D eigenvalue weighted by atomic mass is 10.0. The smallest absolute Gasteiger partial charge is 0.244 e. The molecule has 1 aromatic carbocycles. The number of anilines is 2. The van der Waals surface area contributed by atoms with E-state index in [2.05, 4.69) is 63.5 Å². The van der Waals surface area contributed by atoms with Crippen LogP contribution in [0, 0.1) is 12.8 Å². The monoisotopic (exact) mass is 297 g/mol. The normalized spacial score (nSPS) is 18.3. The minimum atomic E-state index is 0.595. The van der Waals surface area contributed by atoms with E-state index in [-0.39, 0.29) is 0 Å². The second kappa shape index (κ2) is 6.73. The molecule has 0 bridgehead atoms. The van der Waals surface area contributed by atoms with E-state index in [0.717, 1.165) is 18.9 Å². The van der Waals surface area contributed by atoms with Gasteiger partial charge in [0.2, 0.25) is 5.95 Å². The van der Waals surface area contributed by atoms with Gasteiger partial charge >= 0.3 is 0 Å². The molecule has 1 aliphatic heterocycles. The maximum Gasteiger partial charge on any atom is 0.244 e. The second-order valence-corrected chi connectivity index (χ2v) is 6.17. The predicted molar refractivity (Wildman–Crippen MR) is 88.9 cm³/mol. The first kappa shape index (κ1) is 14.8. The fourth-order valence-electron chi connectivity index (χ4n) is 2.92. The number of piperidine rings is 1. The van der Waals surface area contributed by atoms with Crippen molar-refractivity contribution in [2.45, 2.75) is 33.2 Å². The lowest BCUT2D eigenvalue weighted by molar-refractivity contribution is 0.444. The minimum absolute atomic E-state index is 0.595. The van der Waals surface area contributed by atoms with Gasteiger partial charge in [-0.25, -0.2) is 0 Å². The Balaban J connectivity index is 1.66. The summed E-state index contributed by atoms with van der Waals surface area (Å²) in [6.45, 7) is 7.21. The highest BCUT2D eigenvalue weighted by atomic mass is 15.3. The number of aryl methyl sites for hydroxylation is 1. The molecular weight excluding hydrogens is 274 g/mol. The van der Waals surface area contributed by atoms with Crippen molar-refractivity contribution in [1.82, 2.24) is 15.2 Å². The van der Waals surface area contributed by atoms with Crippen LogP contribution in [0.1, 0.15) is 30.9 Å². The maximum absolute atomic E-state index is 4.61. The summed E-state index contributed by atoms with van der Waals surface area (Å²) in [6, 6.07) is 8.43. The Morgan fingerprint density at radius 3 is 3.09 bits per heavy atom. The molecule has 22 heavy (non-hydrogen) atoms. The van der Waals surface area contributed by atoms with Crippen LogP contribution in [0.2, 0.25) is 0 Å². The van der Waals surface area contributed by atoms with Crippen molar-refractivity contribution in [3.8, 4) is 0 Å². The summed E-state index contributed by atoms with van der Waals surface area (Å²) in [6.07, 6.45) is 4.28. The number of benzene rings is 1. The Kier molecular flexibility index (Phi) is 4.51. The van der Waals surface area contributed by atoms with Crippen LogP contribution < -0.4 is 10.2 Å². The molecule has 5 heteroatoms. The van der Waals surface area contributed by atoms with Gasteiger partial charge in [-0.1, -0.05) is 36.8 Å². The summed E-state index contributed by atoms with van der Waals surface area (Å²) in [7, 11) is 0. The standard InChI is InChI=1S/C17H23N5/c1-13-5-3-7-15(9-13)10-18-17-20-16(11-19-21-17)22-8-4-6-14(2)12-22/h3,5,7,9,11,14H,4,6,8,10,12H2,1-2H3,(H,18,20,21). The van der Waals surface area contributed by atoms with Crippen LogP contribution in [0.3, 0.4) is 0 Å². The van der Waals surface area contributed by atoms with Gasteiger partial charge in [-0.05, 0) is 31.2 Å².